The summed E-state index contributed by atoms with van der Waals surface area (Å²) in [7, 11) is 0. The van der Waals surface area contributed by atoms with Crippen molar-refractivity contribution in [2.45, 2.75) is 18.9 Å². The number of hydrogen-bond donors (Lipinski definition) is 2. The summed E-state index contributed by atoms with van der Waals surface area (Å²) in [6, 6.07) is 13.6. The molecule has 2 N–H and O–H groups in total. The number of nitrogens with one attached hydrogen (secondary N) is 1. The standard InChI is InChI=1S/C20H25N3O3/c1-16-5-7-17(8-6-16)12-20(15-24)14-23(10-11-26-20)13-19(25)22-18-4-2-3-9-21-18/h2-9,24H,10-15H2,1H3,(H,21,22,25)/t20-/m1/s1. The van der Waals surface area contributed by atoms with E-state index < -0.39 is 5.60 Å². The van der Waals surface area contributed by atoms with Crippen LogP contribution >= 0.6 is 0 Å². The maximum absolute atomic E-state index is 12.3. The summed E-state index contributed by atoms with van der Waals surface area (Å²) in [6.07, 6.45) is 2.25. The predicted octanol–water partition coefficient (Wildman–Crippen LogP) is 1.63. The molecule has 1 aliphatic rings. The Balaban J connectivity index is 1.61. The molecule has 6 heteroatoms. The van der Waals surface area contributed by atoms with E-state index in [0.29, 0.717) is 31.9 Å². The molecule has 1 fully saturated rings. The second-order valence-electron chi connectivity index (χ2n) is 6.83. The highest BCUT2D eigenvalue weighted by Crippen LogP contribution is 2.23. The Bertz CT molecular complexity index is 721. The van der Waals surface area contributed by atoms with E-state index in [1.165, 1.54) is 5.56 Å². The number of amides is 1. The fourth-order valence-corrected chi connectivity index (χ4v) is 3.22. The van der Waals surface area contributed by atoms with Crippen LogP contribution in [0, 0.1) is 6.92 Å². The molecule has 1 saturated heterocycles. The zero-order chi connectivity index (χ0) is 18.4. The van der Waals surface area contributed by atoms with E-state index in [1.54, 1.807) is 18.3 Å². The number of ether oxygens (including phenoxy) is 1. The number of benzene rings is 1. The predicted molar refractivity (Wildman–Crippen MR) is 100.0 cm³/mol. The van der Waals surface area contributed by atoms with Crippen LogP contribution in [0.4, 0.5) is 5.82 Å². The van der Waals surface area contributed by atoms with Gasteiger partial charge in [0.25, 0.3) is 0 Å². The molecule has 1 aromatic carbocycles. The minimum atomic E-state index is -0.682. The average Bonchev–Trinajstić information content (AvgIpc) is 2.65. The van der Waals surface area contributed by atoms with Crippen molar-refractivity contribution in [1.29, 1.82) is 0 Å². The second kappa shape index (κ2) is 8.40. The summed E-state index contributed by atoms with van der Waals surface area (Å²) in [5, 5.41) is 12.8. The molecule has 0 saturated carbocycles. The largest absolute Gasteiger partial charge is 0.393 e. The van der Waals surface area contributed by atoms with E-state index in [1.807, 2.05) is 17.9 Å². The van der Waals surface area contributed by atoms with Crippen molar-refractivity contribution in [3.8, 4) is 0 Å². The first-order valence-corrected chi connectivity index (χ1v) is 8.82. The van der Waals surface area contributed by atoms with Gasteiger partial charge in [0.05, 0.1) is 19.8 Å². The third-order valence-electron chi connectivity index (χ3n) is 4.56. The highest BCUT2D eigenvalue weighted by Gasteiger charge is 2.37. The molecular formula is C20H25N3O3. The first kappa shape index (κ1) is 18.5. The third-order valence-corrected chi connectivity index (χ3v) is 4.56. The van der Waals surface area contributed by atoms with Crippen LogP contribution in [0.5, 0.6) is 0 Å². The molecular weight excluding hydrogens is 330 g/mol. The Kier molecular flexibility index (Phi) is 5.98. The summed E-state index contributed by atoms with van der Waals surface area (Å²) >= 11 is 0. The number of morpholine rings is 1. The van der Waals surface area contributed by atoms with E-state index in [4.69, 9.17) is 4.74 Å². The van der Waals surface area contributed by atoms with Crippen molar-refractivity contribution in [3.05, 3.63) is 59.8 Å². The molecule has 1 amide bonds. The SMILES string of the molecule is Cc1ccc(C[C@]2(CO)CN(CC(=O)Nc3ccccn3)CCO2)cc1. The van der Waals surface area contributed by atoms with Gasteiger partial charge < -0.3 is 15.2 Å². The van der Waals surface area contributed by atoms with Crippen LogP contribution in [0.15, 0.2) is 48.7 Å². The fourth-order valence-electron chi connectivity index (χ4n) is 3.22. The molecule has 138 valence electrons. The zero-order valence-electron chi connectivity index (χ0n) is 15.0. The summed E-state index contributed by atoms with van der Waals surface area (Å²) in [5.74, 6) is 0.423. The van der Waals surface area contributed by atoms with Gasteiger partial charge in [-0.3, -0.25) is 9.69 Å². The van der Waals surface area contributed by atoms with Crippen LogP contribution in [0.3, 0.4) is 0 Å². The summed E-state index contributed by atoms with van der Waals surface area (Å²) in [5.41, 5.74) is 1.63. The Morgan fingerprint density at radius 3 is 2.81 bits per heavy atom. The van der Waals surface area contributed by atoms with Gasteiger partial charge in [-0.15, -0.1) is 0 Å². The molecule has 0 aliphatic carbocycles. The highest BCUT2D eigenvalue weighted by atomic mass is 16.5. The maximum Gasteiger partial charge on any atom is 0.239 e. The van der Waals surface area contributed by atoms with Crippen molar-refractivity contribution in [3.63, 3.8) is 0 Å². The smallest absolute Gasteiger partial charge is 0.239 e. The van der Waals surface area contributed by atoms with Crippen LogP contribution in [-0.4, -0.2) is 59.3 Å². The average molecular weight is 355 g/mol. The first-order chi connectivity index (χ1) is 12.6. The third kappa shape index (κ3) is 4.88. The van der Waals surface area contributed by atoms with Crippen LogP contribution in [0.2, 0.25) is 0 Å². The minimum absolute atomic E-state index is 0.0841. The van der Waals surface area contributed by atoms with Gasteiger partial charge in [-0.25, -0.2) is 4.98 Å². The van der Waals surface area contributed by atoms with Gasteiger partial charge in [-0.1, -0.05) is 35.9 Å². The number of rotatable bonds is 6. The topological polar surface area (TPSA) is 74.7 Å². The number of carbonyl (C=O) groups is 1. The van der Waals surface area contributed by atoms with Gasteiger partial charge in [0.15, 0.2) is 0 Å². The molecule has 0 spiro atoms. The molecule has 2 heterocycles. The van der Waals surface area contributed by atoms with Crippen molar-refractivity contribution in [1.82, 2.24) is 9.88 Å². The Morgan fingerprint density at radius 2 is 2.12 bits per heavy atom. The van der Waals surface area contributed by atoms with Gasteiger partial charge in [-0.2, -0.15) is 0 Å². The number of aryl methyl sites for hydroxylation is 1. The quantitative estimate of drug-likeness (QED) is 0.824. The number of hydrogen-bond acceptors (Lipinski definition) is 5. The van der Waals surface area contributed by atoms with Crippen LogP contribution in [-0.2, 0) is 16.0 Å². The summed E-state index contributed by atoms with van der Waals surface area (Å²) in [4.78, 5) is 18.4. The molecule has 26 heavy (non-hydrogen) atoms. The van der Waals surface area contributed by atoms with Crippen LogP contribution in [0.25, 0.3) is 0 Å². The van der Waals surface area contributed by atoms with Gasteiger partial charge in [0, 0.05) is 25.7 Å². The molecule has 6 nitrogen and oxygen atoms in total. The van der Waals surface area contributed by atoms with Crippen molar-refractivity contribution >= 4 is 11.7 Å². The first-order valence-electron chi connectivity index (χ1n) is 8.82. The van der Waals surface area contributed by atoms with Crippen LogP contribution in [0.1, 0.15) is 11.1 Å². The summed E-state index contributed by atoms with van der Waals surface area (Å²) < 4.78 is 5.94. The van der Waals surface area contributed by atoms with Crippen molar-refractivity contribution in [2.75, 3.05) is 38.2 Å². The van der Waals surface area contributed by atoms with Gasteiger partial charge in [0.2, 0.25) is 5.91 Å². The van der Waals surface area contributed by atoms with E-state index in [9.17, 15) is 9.90 Å². The molecule has 3 rings (SSSR count). The molecule has 0 bridgehead atoms. The minimum Gasteiger partial charge on any atom is -0.393 e. The molecule has 0 radical (unpaired) electrons. The molecule has 0 unspecified atom stereocenters. The Morgan fingerprint density at radius 1 is 1.31 bits per heavy atom. The van der Waals surface area contributed by atoms with Crippen molar-refractivity contribution in [2.24, 2.45) is 0 Å². The molecule has 1 atom stereocenters. The number of anilines is 1. The lowest BCUT2D eigenvalue weighted by Gasteiger charge is -2.41. The normalized spacial score (nSPS) is 20.7. The molecule has 1 aromatic heterocycles. The highest BCUT2D eigenvalue weighted by molar-refractivity contribution is 5.91. The van der Waals surface area contributed by atoms with E-state index in [2.05, 4.69) is 34.6 Å². The van der Waals surface area contributed by atoms with Gasteiger partial charge in [-0.05, 0) is 24.6 Å². The Labute approximate surface area is 153 Å². The number of aromatic nitrogens is 1. The van der Waals surface area contributed by atoms with Gasteiger partial charge in [0.1, 0.15) is 11.4 Å². The number of aliphatic hydroxyl groups is 1. The lowest BCUT2D eigenvalue weighted by molar-refractivity contribution is -0.138. The number of aliphatic hydroxyl groups excluding tert-OH is 1. The van der Waals surface area contributed by atoms with Crippen LogP contribution < -0.4 is 5.32 Å². The lowest BCUT2D eigenvalue weighted by atomic mass is 9.92. The fraction of sp³-hybridized carbons (Fsp3) is 0.400. The van der Waals surface area contributed by atoms with E-state index in [-0.39, 0.29) is 19.1 Å². The maximum atomic E-state index is 12.3. The zero-order valence-corrected chi connectivity index (χ0v) is 15.0. The van der Waals surface area contributed by atoms with Crippen molar-refractivity contribution < 1.29 is 14.6 Å². The molecule has 1 aliphatic heterocycles. The number of carbonyl (C=O) groups excluding carboxylic acids is 1. The Hall–Kier alpha value is -2.28. The lowest BCUT2D eigenvalue weighted by Crippen LogP contribution is -2.56. The molecule has 2 aromatic rings. The summed E-state index contributed by atoms with van der Waals surface area (Å²) in [6.45, 7) is 3.86. The number of nitrogens with zero attached hydrogens (tertiary/aromatic N) is 2. The monoisotopic (exact) mass is 355 g/mol. The number of pyridine rings is 1. The van der Waals surface area contributed by atoms with Gasteiger partial charge >= 0.3 is 0 Å². The van der Waals surface area contributed by atoms with E-state index >= 15 is 0 Å². The van der Waals surface area contributed by atoms with E-state index in [0.717, 1.165) is 5.56 Å². The second-order valence-corrected chi connectivity index (χ2v) is 6.83.